The Kier molecular flexibility index (Phi) is 8.69. The van der Waals surface area contributed by atoms with E-state index in [1.165, 1.54) is 12.1 Å². The van der Waals surface area contributed by atoms with E-state index in [4.69, 9.17) is 15.5 Å². The number of hydrogen-bond donors (Lipinski definition) is 2. The van der Waals surface area contributed by atoms with E-state index in [1.54, 1.807) is 45.4 Å². The van der Waals surface area contributed by atoms with Crippen LogP contribution in [0.1, 0.15) is 70.8 Å². The zero-order valence-corrected chi connectivity index (χ0v) is 24.8. The molecule has 0 saturated heterocycles. The first-order valence-corrected chi connectivity index (χ1v) is 13.8. The van der Waals surface area contributed by atoms with Crippen LogP contribution in [0.2, 0.25) is 0 Å². The number of ether oxygens (including phenoxy) is 1. The summed E-state index contributed by atoms with van der Waals surface area (Å²) in [5.74, 6) is 3.51. The molecule has 2 heterocycles. The van der Waals surface area contributed by atoms with Crippen LogP contribution in [0.4, 0.5) is 14.6 Å². The molecular weight excluding hydrogens is 538 g/mol. The van der Waals surface area contributed by atoms with Gasteiger partial charge in [-0.3, -0.25) is 9.48 Å². The quantitative estimate of drug-likeness (QED) is 0.202. The van der Waals surface area contributed by atoms with Crippen molar-refractivity contribution in [1.82, 2.24) is 14.8 Å². The third-order valence-electron chi connectivity index (χ3n) is 6.43. The van der Waals surface area contributed by atoms with Crippen LogP contribution in [0.3, 0.4) is 0 Å². The Morgan fingerprint density at radius 1 is 1.07 bits per heavy atom. The van der Waals surface area contributed by atoms with E-state index >= 15 is 0 Å². The van der Waals surface area contributed by atoms with Crippen molar-refractivity contribution in [3.05, 3.63) is 77.1 Å². The summed E-state index contributed by atoms with van der Waals surface area (Å²) in [5.41, 5.74) is 7.73. The molecule has 0 saturated carbocycles. The molecular formula is C33H36F2N4O3. The molecule has 2 aromatic carbocycles. The lowest BCUT2D eigenvalue weighted by Crippen LogP contribution is -2.25. The Labute approximate surface area is 244 Å². The number of pyridine rings is 1. The zero-order chi connectivity index (χ0) is 30.8. The van der Waals surface area contributed by atoms with Gasteiger partial charge in [0.25, 0.3) is 0 Å². The first-order chi connectivity index (χ1) is 19.6. The predicted molar refractivity (Wildman–Crippen MR) is 159 cm³/mol. The van der Waals surface area contributed by atoms with Crippen LogP contribution in [0.15, 0.2) is 48.5 Å². The van der Waals surface area contributed by atoms with Gasteiger partial charge in [0.15, 0.2) is 5.82 Å². The number of carbonyl (C=O) groups is 1. The van der Waals surface area contributed by atoms with Crippen molar-refractivity contribution in [1.29, 1.82) is 0 Å². The summed E-state index contributed by atoms with van der Waals surface area (Å²) in [6.45, 7) is 11.0. The second-order valence-corrected chi connectivity index (χ2v) is 11.8. The normalized spacial score (nSPS) is 12.6. The van der Waals surface area contributed by atoms with Gasteiger partial charge in [0.05, 0.1) is 17.6 Å². The van der Waals surface area contributed by atoms with E-state index in [9.17, 15) is 18.7 Å². The summed E-state index contributed by atoms with van der Waals surface area (Å²) >= 11 is 0. The smallest absolute Gasteiger partial charge is 0.306 e. The monoisotopic (exact) mass is 574 g/mol. The Bertz CT molecular complexity index is 1670. The minimum atomic E-state index is -1.26. The number of benzene rings is 2. The van der Waals surface area contributed by atoms with Crippen molar-refractivity contribution >= 4 is 22.7 Å². The molecule has 0 unspecified atom stereocenters. The molecule has 0 amide bonds. The van der Waals surface area contributed by atoms with Gasteiger partial charge >= 0.3 is 5.97 Å². The van der Waals surface area contributed by atoms with Gasteiger partial charge in [-0.05, 0) is 89.8 Å². The summed E-state index contributed by atoms with van der Waals surface area (Å²) in [7, 11) is 0. The molecule has 7 nitrogen and oxygen atoms in total. The molecule has 0 radical (unpaired) electrons. The van der Waals surface area contributed by atoms with Gasteiger partial charge < -0.3 is 15.6 Å². The maximum absolute atomic E-state index is 14.2. The highest BCUT2D eigenvalue weighted by atomic mass is 19.1. The number of rotatable bonds is 7. The van der Waals surface area contributed by atoms with E-state index in [1.807, 2.05) is 31.2 Å². The largest absolute Gasteiger partial charge is 0.460 e. The number of aliphatic hydroxyl groups is 1. The van der Waals surface area contributed by atoms with Crippen molar-refractivity contribution in [2.45, 2.75) is 78.0 Å². The summed E-state index contributed by atoms with van der Waals surface area (Å²) in [6, 6.07) is 12.6. The van der Waals surface area contributed by atoms with Crippen LogP contribution in [0.5, 0.6) is 0 Å². The number of aromatic nitrogens is 3. The van der Waals surface area contributed by atoms with Gasteiger partial charge in [0.1, 0.15) is 28.5 Å². The van der Waals surface area contributed by atoms with Crippen molar-refractivity contribution in [3.8, 4) is 23.0 Å². The molecule has 0 aliphatic carbocycles. The van der Waals surface area contributed by atoms with Gasteiger partial charge in [-0.2, -0.15) is 5.10 Å². The molecule has 0 bridgehead atoms. The van der Waals surface area contributed by atoms with Gasteiger partial charge in [-0.15, -0.1) is 0 Å². The lowest BCUT2D eigenvalue weighted by molar-refractivity contribution is -0.155. The van der Waals surface area contributed by atoms with Gasteiger partial charge in [0.2, 0.25) is 0 Å². The zero-order valence-electron chi connectivity index (χ0n) is 24.8. The predicted octanol–water partition coefficient (Wildman–Crippen LogP) is 6.16. The number of nitrogen functional groups attached to an aromatic ring is 1. The molecule has 1 atom stereocenters. The number of fused-ring (bicyclic) bond motifs is 1. The fourth-order valence-electron chi connectivity index (χ4n) is 4.87. The van der Waals surface area contributed by atoms with Crippen molar-refractivity contribution in [2.24, 2.45) is 0 Å². The van der Waals surface area contributed by atoms with E-state index in [-0.39, 0.29) is 12.8 Å². The first-order valence-electron chi connectivity index (χ1n) is 13.8. The SMILES string of the molecule is CCn1nc(N)c2cccc(-c3ccc(C#CC(C)(C)O)nc3[C@@H](CC(=O)OC(C)(C)C)Cc3cc(F)cc(F)c3)c21. The van der Waals surface area contributed by atoms with E-state index in [0.717, 1.165) is 22.5 Å². The molecule has 0 aliphatic rings. The Morgan fingerprint density at radius 3 is 2.38 bits per heavy atom. The number of para-hydroxylation sites is 1. The first kappa shape index (κ1) is 30.7. The maximum Gasteiger partial charge on any atom is 0.306 e. The highest BCUT2D eigenvalue weighted by Crippen LogP contribution is 2.38. The average molecular weight is 575 g/mol. The fraction of sp³-hybridized carbons (Fsp3) is 0.364. The Hall–Kier alpha value is -4.29. The highest BCUT2D eigenvalue weighted by molar-refractivity contribution is 6.00. The molecule has 4 rings (SSSR count). The maximum atomic E-state index is 14.2. The second-order valence-electron chi connectivity index (χ2n) is 11.8. The third kappa shape index (κ3) is 7.51. The van der Waals surface area contributed by atoms with Crippen LogP contribution < -0.4 is 5.73 Å². The molecule has 9 heteroatoms. The van der Waals surface area contributed by atoms with Crippen LogP contribution in [-0.2, 0) is 22.5 Å². The number of carbonyl (C=O) groups excluding carboxylic acids is 1. The fourth-order valence-corrected chi connectivity index (χ4v) is 4.87. The molecule has 3 N–H and O–H groups in total. The standard InChI is InChI=1S/C33H36F2N4O3/c1-7-39-30-26(9-8-10-27(30)31(36)38-39)25-12-11-24(13-14-33(5,6)41)37-29(25)21(18-28(40)42-32(2,3)4)15-20-16-22(34)19-23(35)17-20/h8-12,16-17,19,21,41H,7,15,18H2,1-6H3,(H2,36,38)/t21-/m1/s1. The molecule has 0 aliphatic heterocycles. The van der Waals surface area contributed by atoms with Gasteiger partial charge in [-0.1, -0.05) is 18.1 Å². The lowest BCUT2D eigenvalue weighted by atomic mass is 9.87. The molecule has 42 heavy (non-hydrogen) atoms. The summed E-state index contributed by atoms with van der Waals surface area (Å²) in [5, 5.41) is 15.4. The molecule has 0 fully saturated rings. The number of halogens is 2. The number of hydrogen-bond acceptors (Lipinski definition) is 6. The second kappa shape index (κ2) is 11.9. The number of esters is 1. The van der Waals surface area contributed by atoms with E-state index < -0.39 is 34.7 Å². The number of nitrogens with two attached hydrogens (primary N) is 1. The number of anilines is 1. The minimum Gasteiger partial charge on any atom is -0.460 e. The Morgan fingerprint density at radius 2 is 1.76 bits per heavy atom. The summed E-state index contributed by atoms with van der Waals surface area (Å²) in [4.78, 5) is 18.1. The number of nitrogens with zero attached hydrogens (tertiary/aromatic N) is 3. The molecule has 2 aromatic heterocycles. The van der Waals surface area contributed by atoms with Crippen molar-refractivity contribution in [2.75, 3.05) is 5.73 Å². The van der Waals surface area contributed by atoms with Crippen LogP contribution in [0.25, 0.3) is 22.0 Å². The minimum absolute atomic E-state index is 0.0987. The lowest BCUT2D eigenvalue weighted by Gasteiger charge is -2.24. The summed E-state index contributed by atoms with van der Waals surface area (Å²) in [6.07, 6.45) is -0.00954. The van der Waals surface area contributed by atoms with Crippen molar-refractivity contribution < 1.29 is 23.4 Å². The van der Waals surface area contributed by atoms with Crippen molar-refractivity contribution in [3.63, 3.8) is 0 Å². The van der Waals surface area contributed by atoms with Gasteiger partial charge in [-0.25, -0.2) is 13.8 Å². The van der Waals surface area contributed by atoms with E-state index in [0.29, 0.717) is 34.9 Å². The molecule has 0 spiro atoms. The van der Waals surface area contributed by atoms with Gasteiger partial charge in [0, 0.05) is 35.0 Å². The molecule has 220 valence electrons. The topological polar surface area (TPSA) is 103 Å². The van der Waals surface area contributed by atoms with Crippen LogP contribution >= 0.6 is 0 Å². The highest BCUT2D eigenvalue weighted by Gasteiger charge is 2.27. The third-order valence-corrected chi connectivity index (χ3v) is 6.43. The summed E-state index contributed by atoms with van der Waals surface area (Å²) < 4.78 is 35.9. The van der Waals surface area contributed by atoms with E-state index in [2.05, 4.69) is 16.9 Å². The van der Waals surface area contributed by atoms with Crippen LogP contribution in [0, 0.1) is 23.5 Å². The number of aryl methyl sites for hydroxylation is 1. The molecule has 4 aromatic rings. The van der Waals surface area contributed by atoms with Crippen LogP contribution in [-0.4, -0.2) is 37.0 Å². The average Bonchev–Trinajstić information content (AvgIpc) is 3.21. The Balaban J connectivity index is 1.97.